The molecule has 1 N–H and O–H groups in total. The van der Waals surface area contributed by atoms with E-state index in [1.54, 1.807) is 18.0 Å². The molecule has 0 radical (unpaired) electrons. The predicted molar refractivity (Wildman–Crippen MR) is 82.1 cm³/mol. The molecular weight excluding hydrogens is 332 g/mol. The number of nitrogens with zero attached hydrogens (tertiary/aromatic N) is 1. The topological polar surface area (TPSA) is 24.9 Å². The van der Waals surface area contributed by atoms with Crippen LogP contribution in [0.25, 0.3) is 0 Å². The molecule has 1 aliphatic rings. The van der Waals surface area contributed by atoms with Crippen LogP contribution in [0.1, 0.15) is 13.8 Å². The lowest BCUT2D eigenvalue weighted by Crippen LogP contribution is -2.01. The van der Waals surface area contributed by atoms with Crippen LogP contribution in [0.3, 0.4) is 0 Å². The van der Waals surface area contributed by atoms with Gasteiger partial charge in [0.05, 0.1) is 10.6 Å². The van der Waals surface area contributed by atoms with E-state index >= 15 is 0 Å². The molecule has 0 aliphatic carbocycles. The first-order chi connectivity index (χ1) is 8.72. The van der Waals surface area contributed by atoms with Crippen LogP contribution in [-0.2, 0) is 0 Å². The zero-order valence-corrected chi connectivity index (χ0v) is 13.2. The summed E-state index contributed by atoms with van der Waals surface area (Å²) in [7, 11) is 0. The Kier molecular flexibility index (Phi) is 4.54. The first-order valence-corrected chi connectivity index (χ1v) is 7.61. The Bertz CT molecular complexity index is 525. The molecule has 94 valence electrons. The smallest absolute Gasteiger partial charge is 0.144 e. The molecule has 1 aromatic heterocycles. The Hall–Kier alpha value is -0.710. The van der Waals surface area contributed by atoms with Gasteiger partial charge >= 0.3 is 0 Å². The maximum absolute atomic E-state index is 5.97. The van der Waals surface area contributed by atoms with E-state index in [2.05, 4.69) is 26.2 Å². The van der Waals surface area contributed by atoms with Gasteiger partial charge in [-0.15, -0.1) is 0 Å². The van der Waals surface area contributed by atoms with Crippen LogP contribution in [0.4, 0.5) is 11.5 Å². The highest BCUT2D eigenvalue weighted by molar-refractivity contribution is 9.10. The molecule has 0 saturated carbocycles. The number of anilines is 2. The first kappa shape index (κ1) is 13.7. The third kappa shape index (κ3) is 2.82. The van der Waals surface area contributed by atoms with Crippen LogP contribution in [0.5, 0.6) is 0 Å². The first-order valence-electron chi connectivity index (χ1n) is 5.62. The van der Waals surface area contributed by atoms with E-state index in [1.165, 1.54) is 0 Å². The zero-order valence-electron chi connectivity index (χ0n) is 10.00. The van der Waals surface area contributed by atoms with Gasteiger partial charge in [0.25, 0.3) is 0 Å². The van der Waals surface area contributed by atoms with E-state index in [0.29, 0.717) is 0 Å². The Morgan fingerprint density at radius 2 is 2.00 bits per heavy atom. The van der Waals surface area contributed by atoms with Gasteiger partial charge in [-0.3, -0.25) is 0 Å². The maximum atomic E-state index is 5.97. The lowest BCUT2D eigenvalue weighted by molar-refractivity contribution is 1.18. The fourth-order valence-corrected chi connectivity index (χ4v) is 3.28. The Morgan fingerprint density at radius 1 is 1.22 bits per heavy atom. The van der Waals surface area contributed by atoms with Gasteiger partial charge in [0.1, 0.15) is 5.82 Å². The van der Waals surface area contributed by atoms with Crippen molar-refractivity contribution >= 4 is 50.8 Å². The van der Waals surface area contributed by atoms with Crippen LogP contribution >= 0.6 is 39.3 Å². The van der Waals surface area contributed by atoms with Gasteiger partial charge in [-0.2, -0.15) is 0 Å². The summed E-state index contributed by atoms with van der Waals surface area (Å²) in [4.78, 5) is 6.55. The predicted octanol–water partition coefficient (Wildman–Crippen LogP) is 5.73. The molecule has 0 saturated heterocycles. The Balaban J connectivity index is 0.000000574. The van der Waals surface area contributed by atoms with E-state index in [9.17, 15) is 0 Å². The highest BCUT2D eigenvalue weighted by atomic mass is 79.9. The third-order valence-corrected chi connectivity index (χ3v) is 3.99. The average molecular weight is 344 g/mol. The van der Waals surface area contributed by atoms with E-state index in [1.807, 2.05) is 38.1 Å². The van der Waals surface area contributed by atoms with Gasteiger partial charge in [-0.1, -0.05) is 37.2 Å². The summed E-state index contributed by atoms with van der Waals surface area (Å²) in [5, 5.41) is 4.03. The highest BCUT2D eigenvalue weighted by Crippen LogP contribution is 2.44. The molecule has 0 atom stereocenters. The molecule has 18 heavy (non-hydrogen) atoms. The summed E-state index contributed by atoms with van der Waals surface area (Å²) in [5.41, 5.74) is 1.05. The molecular formula is C13H12BrClN2S. The van der Waals surface area contributed by atoms with Gasteiger partial charge < -0.3 is 5.32 Å². The monoisotopic (exact) mass is 342 g/mol. The van der Waals surface area contributed by atoms with Crippen molar-refractivity contribution in [3.63, 3.8) is 0 Å². The molecule has 0 fully saturated rings. The van der Waals surface area contributed by atoms with Crippen molar-refractivity contribution in [3.8, 4) is 0 Å². The maximum Gasteiger partial charge on any atom is 0.144 e. The molecule has 5 heteroatoms. The number of fused-ring (bicyclic) bond motifs is 2. The third-order valence-electron chi connectivity index (χ3n) is 2.24. The van der Waals surface area contributed by atoms with Crippen molar-refractivity contribution in [2.75, 3.05) is 5.32 Å². The summed E-state index contributed by atoms with van der Waals surface area (Å²) >= 11 is 11.1. The second-order valence-corrected chi connectivity index (χ2v) is 5.80. The van der Waals surface area contributed by atoms with Crippen molar-refractivity contribution in [1.82, 2.24) is 4.98 Å². The Morgan fingerprint density at radius 3 is 2.78 bits per heavy atom. The summed E-state index contributed by atoms with van der Waals surface area (Å²) in [6, 6.07) is 7.84. The number of hydrogen-bond acceptors (Lipinski definition) is 3. The largest absolute Gasteiger partial charge is 0.338 e. The summed E-state index contributed by atoms with van der Waals surface area (Å²) in [5.74, 6) is 0.892. The average Bonchev–Trinajstić information content (AvgIpc) is 2.38. The summed E-state index contributed by atoms with van der Waals surface area (Å²) in [6.07, 6.45) is 1.79. The van der Waals surface area contributed by atoms with Gasteiger partial charge in [-0.05, 0) is 40.2 Å². The molecule has 1 aliphatic heterocycles. The summed E-state index contributed by atoms with van der Waals surface area (Å²) < 4.78 is 0.978. The molecule has 1 aromatic carbocycles. The number of aromatic nitrogens is 1. The fraction of sp³-hybridized carbons (Fsp3) is 0.154. The van der Waals surface area contributed by atoms with Crippen molar-refractivity contribution in [2.45, 2.75) is 23.6 Å². The lowest BCUT2D eigenvalue weighted by Gasteiger charge is -2.19. The fourth-order valence-electron chi connectivity index (χ4n) is 1.52. The number of pyridine rings is 1. The molecule has 2 nitrogen and oxygen atoms in total. The second-order valence-electron chi connectivity index (χ2n) is 3.37. The molecule has 3 rings (SSSR count). The second kappa shape index (κ2) is 5.95. The molecule has 0 spiro atoms. The molecule has 2 heterocycles. The molecule has 2 aromatic rings. The quantitative estimate of drug-likeness (QED) is 0.564. The zero-order chi connectivity index (χ0) is 13.1. The number of benzene rings is 1. The van der Waals surface area contributed by atoms with E-state index in [0.717, 1.165) is 30.8 Å². The van der Waals surface area contributed by atoms with E-state index in [4.69, 9.17) is 11.6 Å². The van der Waals surface area contributed by atoms with Crippen LogP contribution in [0, 0.1) is 0 Å². The van der Waals surface area contributed by atoms with Gasteiger partial charge in [-0.25, -0.2) is 4.98 Å². The van der Waals surface area contributed by atoms with Crippen LogP contribution < -0.4 is 5.32 Å². The number of halogens is 2. The lowest BCUT2D eigenvalue weighted by atomic mass is 10.3. The van der Waals surface area contributed by atoms with Crippen molar-refractivity contribution in [1.29, 1.82) is 0 Å². The highest BCUT2D eigenvalue weighted by Gasteiger charge is 2.16. The van der Waals surface area contributed by atoms with Crippen LogP contribution in [-0.4, -0.2) is 4.98 Å². The number of rotatable bonds is 0. The van der Waals surface area contributed by atoms with Crippen molar-refractivity contribution in [3.05, 3.63) is 40.0 Å². The Labute approximate surface area is 124 Å². The van der Waals surface area contributed by atoms with Gasteiger partial charge in [0.15, 0.2) is 0 Å². The molecule has 0 bridgehead atoms. The van der Waals surface area contributed by atoms with Crippen molar-refractivity contribution < 1.29 is 0 Å². The van der Waals surface area contributed by atoms with Crippen LogP contribution in [0.2, 0.25) is 5.02 Å². The molecule has 0 unspecified atom stereocenters. The standard InChI is InChI=1S/C11H6BrClN2S.C2H6/c12-6-3-10-11(14-5-6)15-8-2-1-7(13)4-9(8)16-10;1-2/h1-5H,(H,14,15);1-2H3. The SMILES string of the molecule is CC.Clc1ccc2c(c1)Sc1cc(Br)cnc1N2. The van der Waals surface area contributed by atoms with Crippen molar-refractivity contribution in [2.24, 2.45) is 0 Å². The number of hydrogen-bond donors (Lipinski definition) is 1. The minimum atomic E-state index is 0.749. The van der Waals surface area contributed by atoms with E-state index in [-0.39, 0.29) is 0 Å². The van der Waals surface area contributed by atoms with Gasteiger partial charge in [0.2, 0.25) is 0 Å². The van der Waals surface area contributed by atoms with Crippen LogP contribution in [0.15, 0.2) is 44.7 Å². The van der Waals surface area contributed by atoms with E-state index < -0.39 is 0 Å². The number of nitrogens with one attached hydrogen (secondary N) is 1. The minimum Gasteiger partial charge on any atom is -0.338 e. The molecule has 0 amide bonds. The minimum absolute atomic E-state index is 0.749. The summed E-state index contributed by atoms with van der Waals surface area (Å²) in [6.45, 7) is 4.00. The normalized spacial score (nSPS) is 11.6. The van der Waals surface area contributed by atoms with Gasteiger partial charge in [0, 0.05) is 20.6 Å².